The lowest BCUT2D eigenvalue weighted by Gasteiger charge is -2.08. The highest BCUT2D eigenvalue weighted by molar-refractivity contribution is 9.11. The van der Waals surface area contributed by atoms with Gasteiger partial charge in [-0.2, -0.15) is 0 Å². The lowest BCUT2D eigenvalue weighted by molar-refractivity contribution is 0.297. The number of ether oxygens (including phenoxy) is 1. The number of para-hydroxylation sites is 1. The van der Waals surface area contributed by atoms with Gasteiger partial charge in [0.2, 0.25) is 0 Å². The van der Waals surface area contributed by atoms with Gasteiger partial charge in [-0.1, -0.05) is 22.2 Å². The molecule has 0 saturated carbocycles. The van der Waals surface area contributed by atoms with Crippen LogP contribution in [0.15, 0.2) is 27.1 Å². The molecule has 0 bridgehead atoms. The van der Waals surface area contributed by atoms with Crippen LogP contribution in [0.4, 0.5) is 0 Å². The molecule has 0 atom stereocenters. The molecule has 0 unspecified atom stereocenters. The van der Waals surface area contributed by atoms with Crippen LogP contribution in [0, 0.1) is 0 Å². The summed E-state index contributed by atoms with van der Waals surface area (Å²) in [7, 11) is 0. The molecule has 2 aromatic rings. The van der Waals surface area contributed by atoms with Crippen molar-refractivity contribution >= 4 is 55.0 Å². The van der Waals surface area contributed by atoms with Gasteiger partial charge in [0.1, 0.15) is 22.4 Å². The number of rotatable bonds is 3. The van der Waals surface area contributed by atoms with Crippen LogP contribution in [0.1, 0.15) is 5.69 Å². The fourth-order valence-electron chi connectivity index (χ4n) is 1.04. The first kappa shape index (κ1) is 12.3. The third-order valence-corrected chi connectivity index (χ3v) is 4.01. The summed E-state index contributed by atoms with van der Waals surface area (Å²) in [6.45, 7) is 0.302. The van der Waals surface area contributed by atoms with E-state index in [-0.39, 0.29) is 0 Å². The first-order valence-corrected chi connectivity index (χ1v) is 6.95. The summed E-state index contributed by atoms with van der Waals surface area (Å²) in [6.07, 6.45) is 0. The van der Waals surface area contributed by atoms with Crippen LogP contribution in [0.5, 0.6) is 5.75 Å². The van der Waals surface area contributed by atoms with Gasteiger partial charge in [0.25, 0.3) is 0 Å². The SMILES string of the molecule is Clc1snnc1COc1c(Br)cccc1Br. The molecule has 1 aromatic heterocycles. The van der Waals surface area contributed by atoms with E-state index in [2.05, 4.69) is 41.4 Å². The highest BCUT2D eigenvalue weighted by Crippen LogP contribution is 2.33. The maximum atomic E-state index is 5.88. The molecule has 0 radical (unpaired) electrons. The molecule has 1 aromatic carbocycles. The minimum Gasteiger partial charge on any atom is -0.485 e. The lowest BCUT2D eigenvalue weighted by atomic mass is 10.3. The van der Waals surface area contributed by atoms with Crippen molar-refractivity contribution in [2.75, 3.05) is 0 Å². The summed E-state index contributed by atoms with van der Waals surface area (Å²) in [5, 5.41) is 3.87. The number of halogens is 3. The molecule has 16 heavy (non-hydrogen) atoms. The maximum absolute atomic E-state index is 5.88. The summed E-state index contributed by atoms with van der Waals surface area (Å²) in [6, 6.07) is 5.72. The summed E-state index contributed by atoms with van der Waals surface area (Å²) < 4.78 is 11.7. The monoisotopic (exact) mass is 382 g/mol. The van der Waals surface area contributed by atoms with Crippen LogP contribution in [0.25, 0.3) is 0 Å². The molecular weight excluding hydrogens is 379 g/mol. The second kappa shape index (κ2) is 5.44. The molecule has 0 aliphatic heterocycles. The van der Waals surface area contributed by atoms with Gasteiger partial charge in [-0.05, 0) is 44.0 Å². The Morgan fingerprint density at radius 2 is 2.00 bits per heavy atom. The van der Waals surface area contributed by atoms with E-state index in [0.717, 1.165) is 26.2 Å². The fraction of sp³-hybridized carbons (Fsp3) is 0.111. The molecule has 0 N–H and O–H groups in total. The van der Waals surface area contributed by atoms with Crippen molar-refractivity contribution < 1.29 is 4.74 Å². The highest BCUT2D eigenvalue weighted by Gasteiger charge is 2.09. The Labute approximate surface area is 118 Å². The molecule has 84 valence electrons. The Balaban J connectivity index is 2.14. The predicted molar refractivity (Wildman–Crippen MR) is 71.1 cm³/mol. The molecule has 0 spiro atoms. The van der Waals surface area contributed by atoms with E-state index in [1.807, 2.05) is 18.2 Å². The van der Waals surface area contributed by atoms with Gasteiger partial charge < -0.3 is 4.74 Å². The third kappa shape index (κ3) is 2.74. The first-order valence-electron chi connectivity index (χ1n) is 4.22. The zero-order valence-corrected chi connectivity index (χ0v) is 12.5. The third-order valence-electron chi connectivity index (χ3n) is 1.78. The quantitative estimate of drug-likeness (QED) is 0.792. The van der Waals surface area contributed by atoms with E-state index >= 15 is 0 Å². The Morgan fingerprint density at radius 3 is 2.56 bits per heavy atom. The molecular formula is C9H5Br2ClN2OS. The van der Waals surface area contributed by atoms with Gasteiger partial charge >= 0.3 is 0 Å². The molecule has 0 saturated heterocycles. The van der Waals surface area contributed by atoms with Crippen LogP contribution in [0.2, 0.25) is 4.34 Å². The second-order valence-electron chi connectivity index (χ2n) is 2.83. The predicted octanol–water partition coefficient (Wildman–Crippen LogP) is 4.30. The smallest absolute Gasteiger partial charge is 0.148 e. The van der Waals surface area contributed by atoms with Crippen LogP contribution in [-0.2, 0) is 6.61 Å². The zero-order valence-electron chi connectivity index (χ0n) is 7.78. The van der Waals surface area contributed by atoms with Gasteiger partial charge in [-0.15, -0.1) is 5.10 Å². The van der Waals surface area contributed by atoms with E-state index in [0.29, 0.717) is 16.6 Å². The van der Waals surface area contributed by atoms with Crippen LogP contribution < -0.4 is 4.74 Å². The molecule has 0 aliphatic rings. The van der Waals surface area contributed by atoms with Crippen molar-refractivity contribution in [3.05, 3.63) is 37.2 Å². The van der Waals surface area contributed by atoms with E-state index in [9.17, 15) is 0 Å². The average molecular weight is 384 g/mol. The Bertz CT molecular complexity index is 486. The van der Waals surface area contributed by atoms with Crippen molar-refractivity contribution in [1.29, 1.82) is 0 Å². The Morgan fingerprint density at radius 1 is 1.31 bits per heavy atom. The molecule has 1 heterocycles. The maximum Gasteiger partial charge on any atom is 0.148 e. The van der Waals surface area contributed by atoms with Gasteiger partial charge in [-0.3, -0.25) is 0 Å². The second-order valence-corrected chi connectivity index (χ2v) is 5.90. The van der Waals surface area contributed by atoms with Gasteiger partial charge in [-0.25, -0.2) is 0 Å². The van der Waals surface area contributed by atoms with Crippen molar-refractivity contribution in [2.45, 2.75) is 6.61 Å². The van der Waals surface area contributed by atoms with E-state index in [1.165, 1.54) is 0 Å². The van der Waals surface area contributed by atoms with E-state index in [4.69, 9.17) is 16.3 Å². The topological polar surface area (TPSA) is 35.0 Å². The molecule has 7 heteroatoms. The summed E-state index contributed by atoms with van der Waals surface area (Å²) in [4.78, 5) is 0. The van der Waals surface area contributed by atoms with E-state index < -0.39 is 0 Å². The number of hydrogen-bond donors (Lipinski definition) is 0. The minimum atomic E-state index is 0.302. The van der Waals surface area contributed by atoms with Crippen molar-refractivity contribution in [1.82, 2.24) is 9.59 Å². The summed E-state index contributed by atoms with van der Waals surface area (Å²) in [5.74, 6) is 0.728. The standard InChI is InChI=1S/C9H5Br2ClN2OS/c10-5-2-1-3-6(11)8(5)15-4-7-9(12)16-14-13-7/h1-3H,4H2. The largest absolute Gasteiger partial charge is 0.485 e. The van der Waals surface area contributed by atoms with Crippen LogP contribution in [-0.4, -0.2) is 9.59 Å². The van der Waals surface area contributed by atoms with Crippen molar-refractivity contribution in [3.63, 3.8) is 0 Å². The number of nitrogens with zero attached hydrogens (tertiary/aromatic N) is 2. The molecule has 3 nitrogen and oxygen atoms in total. The molecule has 0 amide bonds. The minimum absolute atomic E-state index is 0.302. The van der Waals surface area contributed by atoms with Crippen LogP contribution in [0.3, 0.4) is 0 Å². The lowest BCUT2D eigenvalue weighted by Crippen LogP contribution is -1.97. The Kier molecular flexibility index (Phi) is 4.18. The van der Waals surface area contributed by atoms with E-state index in [1.54, 1.807) is 0 Å². The molecule has 0 fully saturated rings. The van der Waals surface area contributed by atoms with Gasteiger partial charge in [0.15, 0.2) is 0 Å². The van der Waals surface area contributed by atoms with Crippen LogP contribution >= 0.6 is 55.0 Å². The van der Waals surface area contributed by atoms with Crippen molar-refractivity contribution in [2.24, 2.45) is 0 Å². The fourth-order valence-corrected chi connectivity index (χ4v) is 2.87. The Hall–Kier alpha value is -0.170. The number of aromatic nitrogens is 2. The molecule has 0 aliphatic carbocycles. The average Bonchev–Trinajstić information content (AvgIpc) is 2.64. The number of hydrogen-bond acceptors (Lipinski definition) is 4. The highest BCUT2D eigenvalue weighted by atomic mass is 79.9. The number of benzene rings is 1. The van der Waals surface area contributed by atoms with Gasteiger partial charge in [0.05, 0.1) is 8.95 Å². The first-order chi connectivity index (χ1) is 7.68. The normalized spacial score (nSPS) is 10.4. The zero-order chi connectivity index (χ0) is 11.5. The summed E-state index contributed by atoms with van der Waals surface area (Å²) >= 11 is 13.8. The van der Waals surface area contributed by atoms with Crippen molar-refractivity contribution in [3.8, 4) is 5.75 Å². The van der Waals surface area contributed by atoms with Gasteiger partial charge in [0, 0.05) is 11.5 Å². The summed E-state index contributed by atoms with van der Waals surface area (Å²) in [5.41, 5.74) is 0.648. The molecule has 2 rings (SSSR count).